The van der Waals surface area contributed by atoms with Gasteiger partial charge in [0.25, 0.3) is 11.4 Å². The lowest BCUT2D eigenvalue weighted by atomic mass is 10.1. The van der Waals surface area contributed by atoms with Gasteiger partial charge >= 0.3 is 5.97 Å². The Hall–Kier alpha value is -3.44. The quantitative estimate of drug-likeness (QED) is 0.388. The molecule has 24 heavy (non-hydrogen) atoms. The first-order chi connectivity index (χ1) is 11.0. The van der Waals surface area contributed by atoms with Crippen LogP contribution in [-0.2, 0) is 9.59 Å². The monoisotopic (exact) mass is 341 g/mol. The number of carbonyl (C=O) groups is 2. The maximum Gasteiger partial charge on any atom is 0.325 e. The number of nitro groups is 2. The Morgan fingerprint density at radius 2 is 1.46 bits per heavy atom. The molecule has 12 heteroatoms. The molecule has 0 aliphatic heterocycles. The maximum absolute atomic E-state index is 11.1. The summed E-state index contributed by atoms with van der Waals surface area (Å²) in [6.07, 6.45) is 0. The van der Waals surface area contributed by atoms with Crippen molar-refractivity contribution >= 4 is 34.6 Å². The second-order valence-electron chi connectivity index (χ2n) is 4.87. The van der Waals surface area contributed by atoms with Gasteiger partial charge in [-0.25, -0.2) is 0 Å². The number of carboxylic acid groups (broad SMARTS) is 1. The number of benzene rings is 1. The average Bonchev–Trinajstić information content (AvgIpc) is 2.46. The van der Waals surface area contributed by atoms with Gasteiger partial charge < -0.3 is 21.5 Å². The van der Waals surface area contributed by atoms with Crippen molar-refractivity contribution in [2.75, 3.05) is 10.6 Å². The Morgan fingerprint density at radius 3 is 1.79 bits per heavy atom. The lowest BCUT2D eigenvalue weighted by molar-refractivity contribution is -0.393. The fourth-order valence-electron chi connectivity index (χ4n) is 1.71. The first-order valence-corrected chi connectivity index (χ1v) is 6.56. The van der Waals surface area contributed by atoms with Crippen molar-refractivity contribution in [3.8, 4) is 0 Å². The van der Waals surface area contributed by atoms with Crippen LogP contribution in [0.1, 0.15) is 13.8 Å². The summed E-state index contributed by atoms with van der Waals surface area (Å²) in [6, 6.07) is -0.510. The maximum atomic E-state index is 11.1. The van der Waals surface area contributed by atoms with Gasteiger partial charge in [-0.2, -0.15) is 0 Å². The highest BCUT2D eigenvalue weighted by molar-refractivity contribution is 5.86. The second-order valence-corrected chi connectivity index (χ2v) is 4.87. The van der Waals surface area contributed by atoms with E-state index in [-0.39, 0.29) is 11.4 Å². The third kappa shape index (κ3) is 4.28. The number of carbonyl (C=O) groups excluding carboxylic acids is 1. The van der Waals surface area contributed by atoms with Gasteiger partial charge in [0.05, 0.1) is 15.9 Å². The molecule has 1 aromatic carbocycles. The molecule has 0 aromatic heterocycles. The van der Waals surface area contributed by atoms with Gasteiger partial charge in [0, 0.05) is 0 Å². The molecule has 0 unspecified atom stereocenters. The Labute approximate surface area is 134 Å². The predicted octanol–water partition coefficient (Wildman–Crippen LogP) is 0.674. The number of hydrogen-bond donors (Lipinski definition) is 4. The number of nitro benzene ring substituents is 2. The van der Waals surface area contributed by atoms with E-state index >= 15 is 0 Å². The van der Waals surface area contributed by atoms with Gasteiger partial charge in [-0.05, 0) is 19.9 Å². The number of aliphatic carboxylic acids is 1. The van der Waals surface area contributed by atoms with Crippen LogP contribution in [0.4, 0.5) is 22.7 Å². The summed E-state index contributed by atoms with van der Waals surface area (Å²) in [5.41, 5.74) is 3.29. The molecule has 130 valence electrons. The molecule has 1 aromatic rings. The van der Waals surface area contributed by atoms with E-state index in [1.807, 2.05) is 0 Å². The molecular formula is C12H15N5O7. The normalized spacial score (nSPS) is 12.8. The van der Waals surface area contributed by atoms with Crippen molar-refractivity contribution in [1.82, 2.24) is 0 Å². The first-order valence-electron chi connectivity index (χ1n) is 6.56. The van der Waals surface area contributed by atoms with Crippen LogP contribution in [-0.4, -0.2) is 38.9 Å². The van der Waals surface area contributed by atoms with Gasteiger partial charge in [-0.15, -0.1) is 0 Å². The molecule has 1 rings (SSSR count). The summed E-state index contributed by atoms with van der Waals surface area (Å²) in [7, 11) is 0. The first kappa shape index (κ1) is 18.6. The highest BCUT2D eigenvalue weighted by Crippen LogP contribution is 2.36. The lowest BCUT2D eigenvalue weighted by Gasteiger charge is -2.15. The highest BCUT2D eigenvalue weighted by Gasteiger charge is 2.27. The van der Waals surface area contributed by atoms with Crippen LogP contribution in [0.25, 0.3) is 0 Å². The summed E-state index contributed by atoms with van der Waals surface area (Å²) in [5.74, 6) is -2.07. The lowest BCUT2D eigenvalue weighted by Crippen LogP contribution is -2.32. The van der Waals surface area contributed by atoms with Crippen molar-refractivity contribution in [3.05, 3.63) is 32.4 Å². The Bertz CT molecular complexity index is 650. The number of carboxylic acids is 1. The number of primary amides is 1. The Morgan fingerprint density at radius 1 is 1.04 bits per heavy atom. The topological polar surface area (TPSA) is 191 Å². The zero-order chi connectivity index (χ0) is 18.6. The molecule has 1 amide bonds. The fraction of sp³-hybridized carbons (Fsp3) is 0.333. The Kier molecular flexibility index (Phi) is 5.59. The van der Waals surface area contributed by atoms with Crippen molar-refractivity contribution in [3.63, 3.8) is 0 Å². The van der Waals surface area contributed by atoms with Crippen LogP contribution >= 0.6 is 0 Å². The zero-order valence-corrected chi connectivity index (χ0v) is 12.7. The van der Waals surface area contributed by atoms with Crippen molar-refractivity contribution in [1.29, 1.82) is 0 Å². The molecule has 0 aliphatic carbocycles. The van der Waals surface area contributed by atoms with Crippen LogP contribution in [0, 0.1) is 20.2 Å². The van der Waals surface area contributed by atoms with E-state index in [4.69, 9.17) is 10.8 Å². The Balaban J connectivity index is 3.45. The molecule has 0 saturated heterocycles. The minimum Gasteiger partial charge on any atom is -0.480 e. The summed E-state index contributed by atoms with van der Waals surface area (Å²) >= 11 is 0. The molecule has 0 spiro atoms. The predicted molar refractivity (Wildman–Crippen MR) is 82.8 cm³/mol. The smallest absolute Gasteiger partial charge is 0.325 e. The summed E-state index contributed by atoms with van der Waals surface area (Å²) < 4.78 is 0. The number of rotatable bonds is 8. The van der Waals surface area contributed by atoms with E-state index in [1.165, 1.54) is 13.8 Å². The van der Waals surface area contributed by atoms with E-state index in [1.54, 1.807) is 0 Å². The molecule has 5 N–H and O–H groups in total. The van der Waals surface area contributed by atoms with Gasteiger partial charge in [-0.1, -0.05) is 0 Å². The minimum atomic E-state index is -1.28. The number of anilines is 2. The van der Waals surface area contributed by atoms with Gasteiger partial charge in [0.2, 0.25) is 5.91 Å². The van der Waals surface area contributed by atoms with Gasteiger partial charge in [-0.3, -0.25) is 29.8 Å². The standard InChI is InChI=1S/C12H15N5O7/c1-5(11(13)18)14-7-3-8(15-6(2)12(19)20)10(17(23)24)4-9(7)16(21)22/h3-6,14-15H,1-2H3,(H2,13,18)(H,19,20)/t5-,6-/m0/s1. The molecule has 0 saturated carbocycles. The van der Waals surface area contributed by atoms with Crippen LogP contribution in [0.3, 0.4) is 0 Å². The SMILES string of the molecule is C[C@H](Nc1cc(N[C@@H](C)C(=O)O)c([N+](=O)[O-])cc1[N+](=O)[O-])C(N)=O. The largest absolute Gasteiger partial charge is 0.480 e. The molecule has 0 bridgehead atoms. The third-order valence-electron chi connectivity index (χ3n) is 3.05. The van der Waals surface area contributed by atoms with E-state index in [0.717, 1.165) is 6.07 Å². The average molecular weight is 341 g/mol. The number of nitrogens with one attached hydrogen (secondary N) is 2. The second kappa shape index (κ2) is 7.21. The molecule has 2 atom stereocenters. The van der Waals surface area contributed by atoms with Crippen LogP contribution in [0.5, 0.6) is 0 Å². The van der Waals surface area contributed by atoms with Crippen molar-refractivity contribution in [2.45, 2.75) is 25.9 Å². The molecule has 0 heterocycles. The van der Waals surface area contributed by atoms with Crippen LogP contribution < -0.4 is 16.4 Å². The van der Waals surface area contributed by atoms with E-state index < -0.39 is 45.2 Å². The number of hydrogen-bond acceptors (Lipinski definition) is 8. The van der Waals surface area contributed by atoms with Gasteiger partial charge in [0.1, 0.15) is 23.5 Å². The molecule has 12 nitrogen and oxygen atoms in total. The zero-order valence-electron chi connectivity index (χ0n) is 12.7. The van der Waals surface area contributed by atoms with E-state index in [0.29, 0.717) is 6.07 Å². The third-order valence-corrected chi connectivity index (χ3v) is 3.05. The van der Waals surface area contributed by atoms with E-state index in [2.05, 4.69) is 10.6 Å². The number of amides is 1. The molecule has 0 fully saturated rings. The fourth-order valence-corrected chi connectivity index (χ4v) is 1.71. The molecular weight excluding hydrogens is 326 g/mol. The van der Waals surface area contributed by atoms with Gasteiger partial charge in [0.15, 0.2) is 0 Å². The summed E-state index contributed by atoms with van der Waals surface area (Å²) in [5, 5.41) is 35.9. The minimum absolute atomic E-state index is 0.211. The van der Waals surface area contributed by atoms with Crippen molar-refractivity contribution in [2.24, 2.45) is 5.73 Å². The number of nitrogens with two attached hydrogens (primary N) is 1. The molecule has 0 aliphatic rings. The summed E-state index contributed by atoms with van der Waals surface area (Å²) in [4.78, 5) is 42.4. The van der Waals surface area contributed by atoms with E-state index in [9.17, 15) is 29.8 Å². The molecule has 0 radical (unpaired) electrons. The van der Waals surface area contributed by atoms with Crippen LogP contribution in [0.15, 0.2) is 12.1 Å². The highest BCUT2D eigenvalue weighted by atomic mass is 16.6. The van der Waals surface area contributed by atoms with Crippen LogP contribution in [0.2, 0.25) is 0 Å². The van der Waals surface area contributed by atoms with Crippen molar-refractivity contribution < 1.29 is 24.5 Å². The number of nitrogens with zero attached hydrogens (tertiary/aromatic N) is 2. The summed E-state index contributed by atoms with van der Waals surface area (Å²) in [6.45, 7) is 2.59.